The highest BCUT2D eigenvalue weighted by Gasteiger charge is 2.17. The number of rotatable bonds is 2. The van der Waals surface area contributed by atoms with Crippen molar-refractivity contribution in [2.75, 3.05) is 0 Å². The molecule has 21 heavy (non-hydrogen) atoms. The molecule has 0 amide bonds. The lowest BCUT2D eigenvalue weighted by Gasteiger charge is -2.22. The molecule has 104 valence electrons. The summed E-state index contributed by atoms with van der Waals surface area (Å²) in [5, 5.41) is 2.70. The molecule has 0 spiro atoms. The van der Waals surface area contributed by atoms with E-state index in [4.69, 9.17) is 0 Å². The van der Waals surface area contributed by atoms with Crippen LogP contribution in [-0.2, 0) is 6.54 Å². The maximum Gasteiger partial charge on any atom is 0.0491 e. The molecule has 1 aromatic heterocycles. The number of fused-ring (bicyclic) bond motifs is 3. The predicted molar refractivity (Wildman–Crippen MR) is 90.4 cm³/mol. The van der Waals surface area contributed by atoms with Gasteiger partial charge in [0.2, 0.25) is 0 Å². The van der Waals surface area contributed by atoms with Crippen molar-refractivity contribution in [2.24, 2.45) is 5.92 Å². The molecule has 1 heterocycles. The van der Waals surface area contributed by atoms with Crippen molar-refractivity contribution in [3.05, 3.63) is 72.8 Å². The molecule has 0 saturated carbocycles. The molecule has 1 nitrogen and oxygen atoms in total. The summed E-state index contributed by atoms with van der Waals surface area (Å²) in [6.07, 6.45) is 6.81. The Morgan fingerprint density at radius 3 is 2.19 bits per heavy atom. The van der Waals surface area contributed by atoms with Gasteiger partial charge in [-0.3, -0.25) is 0 Å². The maximum absolute atomic E-state index is 4.24. The molecule has 1 aliphatic rings. The van der Waals surface area contributed by atoms with Gasteiger partial charge in [0.15, 0.2) is 0 Å². The van der Waals surface area contributed by atoms with Gasteiger partial charge in [0.05, 0.1) is 0 Å². The number of para-hydroxylation sites is 2. The van der Waals surface area contributed by atoms with Gasteiger partial charge in [0.1, 0.15) is 0 Å². The molecule has 0 bridgehead atoms. The molecular weight excluding hydrogens is 254 g/mol. The van der Waals surface area contributed by atoms with Crippen molar-refractivity contribution in [1.29, 1.82) is 0 Å². The zero-order valence-corrected chi connectivity index (χ0v) is 12.1. The molecule has 0 radical (unpaired) electrons. The Bertz CT molecular complexity index is 797. The Kier molecular flexibility index (Phi) is 2.92. The van der Waals surface area contributed by atoms with Gasteiger partial charge in [-0.05, 0) is 25.0 Å². The van der Waals surface area contributed by atoms with Crippen molar-refractivity contribution in [3.8, 4) is 0 Å². The largest absolute Gasteiger partial charge is 0.340 e. The van der Waals surface area contributed by atoms with Crippen LogP contribution >= 0.6 is 0 Å². The third-order valence-electron chi connectivity index (χ3n) is 4.62. The highest BCUT2D eigenvalue weighted by molar-refractivity contribution is 6.07. The summed E-state index contributed by atoms with van der Waals surface area (Å²) in [6.45, 7) is 5.26. The number of aromatic nitrogens is 1. The minimum Gasteiger partial charge on any atom is -0.340 e. The molecule has 1 heteroatoms. The SMILES string of the molecule is C=C1C=CCCC1Cn1c2ccccc2c2ccccc21. The average Bonchev–Trinajstić information content (AvgIpc) is 2.85. The van der Waals surface area contributed by atoms with E-state index in [9.17, 15) is 0 Å². The number of benzene rings is 2. The molecule has 1 atom stereocenters. The summed E-state index contributed by atoms with van der Waals surface area (Å²) >= 11 is 0. The highest BCUT2D eigenvalue weighted by atomic mass is 15.0. The first-order valence-corrected chi connectivity index (χ1v) is 7.66. The Balaban J connectivity index is 1.90. The van der Waals surface area contributed by atoms with Crippen LogP contribution in [0.4, 0.5) is 0 Å². The van der Waals surface area contributed by atoms with E-state index in [-0.39, 0.29) is 0 Å². The van der Waals surface area contributed by atoms with E-state index in [0.29, 0.717) is 5.92 Å². The Hall–Kier alpha value is -2.28. The van der Waals surface area contributed by atoms with Gasteiger partial charge in [0, 0.05) is 34.3 Å². The third-order valence-corrected chi connectivity index (χ3v) is 4.62. The van der Waals surface area contributed by atoms with Crippen LogP contribution in [-0.4, -0.2) is 4.57 Å². The Labute approximate surface area is 125 Å². The first-order valence-electron chi connectivity index (χ1n) is 7.66. The summed E-state index contributed by atoms with van der Waals surface area (Å²) in [7, 11) is 0. The van der Waals surface area contributed by atoms with E-state index in [2.05, 4.69) is 71.8 Å². The van der Waals surface area contributed by atoms with Crippen LogP contribution in [0.2, 0.25) is 0 Å². The zero-order valence-electron chi connectivity index (χ0n) is 12.1. The molecule has 1 unspecified atom stereocenters. The molecule has 2 aromatic carbocycles. The lowest BCUT2D eigenvalue weighted by Crippen LogP contribution is -2.13. The van der Waals surface area contributed by atoms with Crippen molar-refractivity contribution in [1.82, 2.24) is 4.57 Å². The van der Waals surface area contributed by atoms with E-state index in [1.807, 2.05) is 0 Å². The summed E-state index contributed by atoms with van der Waals surface area (Å²) in [5.41, 5.74) is 3.94. The van der Waals surface area contributed by atoms with E-state index in [0.717, 1.165) is 6.54 Å². The second kappa shape index (κ2) is 4.92. The lowest BCUT2D eigenvalue weighted by molar-refractivity contribution is 0.492. The van der Waals surface area contributed by atoms with Crippen LogP contribution in [0.15, 0.2) is 72.8 Å². The van der Waals surface area contributed by atoms with Gasteiger partial charge in [0.25, 0.3) is 0 Å². The van der Waals surface area contributed by atoms with Gasteiger partial charge in [-0.1, -0.05) is 60.7 Å². The molecular formula is C20H19N. The van der Waals surface area contributed by atoms with Gasteiger partial charge in [-0.25, -0.2) is 0 Å². The quantitative estimate of drug-likeness (QED) is 0.595. The minimum absolute atomic E-state index is 0.550. The topological polar surface area (TPSA) is 4.93 Å². The fourth-order valence-electron chi connectivity index (χ4n) is 3.48. The normalized spacial score (nSPS) is 18.7. The fraction of sp³-hybridized carbons (Fsp3) is 0.200. The smallest absolute Gasteiger partial charge is 0.0491 e. The molecule has 1 aliphatic carbocycles. The number of hydrogen-bond acceptors (Lipinski definition) is 0. The second-order valence-corrected chi connectivity index (χ2v) is 5.90. The zero-order chi connectivity index (χ0) is 14.2. The van der Waals surface area contributed by atoms with Gasteiger partial charge >= 0.3 is 0 Å². The molecule has 4 rings (SSSR count). The monoisotopic (exact) mass is 273 g/mol. The molecule has 3 aromatic rings. The molecule has 0 saturated heterocycles. The van der Waals surface area contributed by atoms with E-state index in [1.54, 1.807) is 0 Å². The predicted octanol–water partition coefficient (Wildman–Crippen LogP) is 5.32. The van der Waals surface area contributed by atoms with E-state index < -0.39 is 0 Å². The standard InChI is InChI=1S/C20H19N/c1-15-8-2-3-9-16(15)14-21-19-12-6-4-10-17(19)18-11-5-7-13-20(18)21/h2,4-8,10-13,16H,1,3,9,14H2. The van der Waals surface area contributed by atoms with Crippen LogP contribution in [0.25, 0.3) is 21.8 Å². The first kappa shape index (κ1) is 12.5. The summed E-state index contributed by atoms with van der Waals surface area (Å²) < 4.78 is 2.47. The highest BCUT2D eigenvalue weighted by Crippen LogP contribution is 2.32. The van der Waals surface area contributed by atoms with E-state index >= 15 is 0 Å². The van der Waals surface area contributed by atoms with Crippen LogP contribution < -0.4 is 0 Å². The van der Waals surface area contributed by atoms with Crippen molar-refractivity contribution >= 4 is 21.8 Å². The van der Waals surface area contributed by atoms with Gasteiger partial charge < -0.3 is 4.57 Å². The van der Waals surface area contributed by atoms with Crippen molar-refractivity contribution < 1.29 is 0 Å². The second-order valence-electron chi connectivity index (χ2n) is 5.90. The number of allylic oxidation sites excluding steroid dienone is 3. The summed E-state index contributed by atoms with van der Waals surface area (Å²) in [6, 6.07) is 17.4. The number of nitrogens with zero attached hydrogens (tertiary/aromatic N) is 1. The molecule has 0 fully saturated rings. The number of hydrogen-bond donors (Lipinski definition) is 0. The van der Waals surface area contributed by atoms with Crippen LogP contribution in [0.5, 0.6) is 0 Å². The van der Waals surface area contributed by atoms with Gasteiger partial charge in [-0.15, -0.1) is 0 Å². The van der Waals surface area contributed by atoms with Crippen molar-refractivity contribution in [2.45, 2.75) is 19.4 Å². The molecule has 0 aliphatic heterocycles. The van der Waals surface area contributed by atoms with Crippen LogP contribution in [0, 0.1) is 5.92 Å². The average molecular weight is 273 g/mol. The third kappa shape index (κ3) is 2.01. The lowest BCUT2D eigenvalue weighted by atomic mass is 9.90. The van der Waals surface area contributed by atoms with E-state index in [1.165, 1.54) is 40.2 Å². The Morgan fingerprint density at radius 2 is 1.57 bits per heavy atom. The fourth-order valence-corrected chi connectivity index (χ4v) is 3.48. The Morgan fingerprint density at radius 1 is 0.952 bits per heavy atom. The van der Waals surface area contributed by atoms with Gasteiger partial charge in [-0.2, -0.15) is 0 Å². The van der Waals surface area contributed by atoms with Crippen LogP contribution in [0.1, 0.15) is 12.8 Å². The maximum atomic E-state index is 4.24. The van der Waals surface area contributed by atoms with Crippen LogP contribution in [0.3, 0.4) is 0 Å². The summed E-state index contributed by atoms with van der Waals surface area (Å²) in [4.78, 5) is 0. The minimum atomic E-state index is 0.550. The summed E-state index contributed by atoms with van der Waals surface area (Å²) in [5.74, 6) is 0.550. The van der Waals surface area contributed by atoms with Crippen molar-refractivity contribution in [3.63, 3.8) is 0 Å². The molecule has 0 N–H and O–H groups in total. The first-order chi connectivity index (χ1) is 10.3.